The van der Waals surface area contributed by atoms with Gasteiger partial charge in [0.2, 0.25) is 5.91 Å². The van der Waals surface area contributed by atoms with Gasteiger partial charge in [-0.1, -0.05) is 13.8 Å². The van der Waals surface area contributed by atoms with Crippen molar-refractivity contribution >= 4 is 11.9 Å². The number of nitrogens with zero attached hydrogens (tertiary/aromatic N) is 4. The Labute approximate surface area is 128 Å². The van der Waals surface area contributed by atoms with Crippen LogP contribution in [-0.4, -0.2) is 62.4 Å². The molecule has 2 aliphatic rings. The molecule has 1 saturated heterocycles. The van der Waals surface area contributed by atoms with Crippen LogP contribution in [0.1, 0.15) is 20.3 Å². The average Bonchev–Trinajstić information content (AvgIpc) is 2.83. The molecule has 3 rings (SSSR count). The Bertz CT molecular complexity index is 586. The van der Waals surface area contributed by atoms with Crippen LogP contribution in [0.4, 0.5) is 0 Å². The first-order chi connectivity index (χ1) is 10.4. The molecule has 2 atom stereocenters. The molecule has 0 spiro atoms. The molecule has 8 heteroatoms. The zero-order valence-electron chi connectivity index (χ0n) is 12.7. The number of carbonyl (C=O) groups excluding carboxylic acids is 1. The number of hydrogen-bond donors (Lipinski definition) is 1. The van der Waals surface area contributed by atoms with E-state index in [0.29, 0.717) is 32.7 Å². The van der Waals surface area contributed by atoms with Crippen LogP contribution in [0.25, 0.3) is 0 Å². The summed E-state index contributed by atoms with van der Waals surface area (Å²) in [6, 6.07) is 0. The van der Waals surface area contributed by atoms with E-state index in [0.717, 1.165) is 0 Å². The molecule has 120 valence electrons. The van der Waals surface area contributed by atoms with E-state index >= 15 is 0 Å². The van der Waals surface area contributed by atoms with E-state index in [1.54, 1.807) is 15.9 Å². The van der Waals surface area contributed by atoms with Crippen molar-refractivity contribution in [1.29, 1.82) is 0 Å². The van der Waals surface area contributed by atoms with Crippen molar-refractivity contribution in [3.05, 3.63) is 12.7 Å². The van der Waals surface area contributed by atoms with Crippen LogP contribution in [0.15, 0.2) is 12.7 Å². The van der Waals surface area contributed by atoms with E-state index in [4.69, 9.17) is 4.74 Å². The topological polar surface area (TPSA) is 97.6 Å². The number of carboxylic acid groups (broad SMARTS) is 1. The van der Waals surface area contributed by atoms with Gasteiger partial charge < -0.3 is 14.7 Å². The first-order valence-corrected chi connectivity index (χ1v) is 7.33. The lowest BCUT2D eigenvalue weighted by Gasteiger charge is -2.35. The first-order valence-electron chi connectivity index (χ1n) is 7.33. The fourth-order valence-corrected chi connectivity index (χ4v) is 3.26. The maximum absolute atomic E-state index is 12.7. The normalized spacial score (nSPS) is 30.1. The van der Waals surface area contributed by atoms with Crippen molar-refractivity contribution in [1.82, 2.24) is 19.7 Å². The molecule has 2 fully saturated rings. The van der Waals surface area contributed by atoms with Gasteiger partial charge in [0.25, 0.3) is 0 Å². The zero-order chi connectivity index (χ0) is 16.0. The summed E-state index contributed by atoms with van der Waals surface area (Å²) in [4.78, 5) is 29.9. The molecule has 8 nitrogen and oxygen atoms in total. The van der Waals surface area contributed by atoms with Crippen LogP contribution in [0, 0.1) is 10.8 Å². The quantitative estimate of drug-likeness (QED) is 0.787. The van der Waals surface area contributed by atoms with E-state index in [-0.39, 0.29) is 12.0 Å². The second kappa shape index (κ2) is 5.05. The zero-order valence-corrected chi connectivity index (χ0v) is 12.7. The maximum atomic E-state index is 12.7. The Hall–Kier alpha value is -1.96. The first kappa shape index (κ1) is 15.0. The highest BCUT2D eigenvalue weighted by molar-refractivity contribution is 6.06. The summed E-state index contributed by atoms with van der Waals surface area (Å²) in [7, 11) is 0. The number of carbonyl (C=O) groups is 2. The third-order valence-electron chi connectivity index (χ3n) is 4.75. The Morgan fingerprint density at radius 3 is 2.73 bits per heavy atom. The highest BCUT2D eigenvalue weighted by atomic mass is 16.5. The van der Waals surface area contributed by atoms with Gasteiger partial charge in [-0.15, -0.1) is 0 Å². The molecular weight excluding hydrogens is 288 g/mol. The average molecular weight is 308 g/mol. The summed E-state index contributed by atoms with van der Waals surface area (Å²) in [5.74, 6) is -1.32. The lowest BCUT2D eigenvalue weighted by molar-refractivity contribution is -0.159. The van der Waals surface area contributed by atoms with E-state index in [9.17, 15) is 14.7 Å². The molecule has 1 amide bonds. The van der Waals surface area contributed by atoms with Crippen molar-refractivity contribution in [2.24, 2.45) is 10.8 Å². The van der Waals surface area contributed by atoms with E-state index in [2.05, 4.69) is 10.1 Å². The number of amides is 1. The Morgan fingerprint density at radius 2 is 2.18 bits per heavy atom. The third-order valence-corrected chi connectivity index (χ3v) is 4.75. The molecule has 22 heavy (non-hydrogen) atoms. The molecule has 1 aliphatic carbocycles. The molecule has 2 unspecified atom stereocenters. The fraction of sp³-hybridized carbons (Fsp3) is 0.714. The molecule has 0 aromatic carbocycles. The standard InChI is InChI=1S/C14H20N4O4/c1-13(2)7-14(13,12(20)21)11(19)17-3-4-22-10(5-17)6-18-9-15-8-16-18/h8-10H,3-7H2,1-2H3,(H,20,21). The number of carboxylic acids is 1. The molecule has 1 saturated carbocycles. The molecule has 1 aliphatic heterocycles. The van der Waals surface area contributed by atoms with Crippen molar-refractivity contribution in [2.75, 3.05) is 19.7 Å². The van der Waals surface area contributed by atoms with Gasteiger partial charge in [-0.3, -0.25) is 14.3 Å². The number of rotatable bonds is 4. The van der Waals surface area contributed by atoms with E-state index in [1.165, 1.54) is 6.33 Å². The van der Waals surface area contributed by atoms with Gasteiger partial charge in [0, 0.05) is 13.1 Å². The summed E-state index contributed by atoms with van der Waals surface area (Å²) >= 11 is 0. The summed E-state index contributed by atoms with van der Waals surface area (Å²) in [5, 5.41) is 13.5. The Kier molecular flexibility index (Phi) is 3.43. The van der Waals surface area contributed by atoms with Gasteiger partial charge in [-0.05, 0) is 11.8 Å². The minimum Gasteiger partial charge on any atom is -0.480 e. The summed E-state index contributed by atoms with van der Waals surface area (Å²) in [6.45, 7) is 5.36. The lowest BCUT2D eigenvalue weighted by Crippen LogP contribution is -2.51. The molecule has 0 bridgehead atoms. The van der Waals surface area contributed by atoms with Crippen LogP contribution < -0.4 is 0 Å². The number of hydrogen-bond acceptors (Lipinski definition) is 5. The van der Waals surface area contributed by atoms with Crippen LogP contribution in [0.5, 0.6) is 0 Å². The van der Waals surface area contributed by atoms with E-state index in [1.807, 2.05) is 13.8 Å². The smallest absolute Gasteiger partial charge is 0.319 e. The van der Waals surface area contributed by atoms with Gasteiger partial charge >= 0.3 is 5.97 Å². The van der Waals surface area contributed by atoms with Gasteiger partial charge in [-0.2, -0.15) is 5.10 Å². The minimum absolute atomic E-state index is 0.202. The molecule has 2 heterocycles. The van der Waals surface area contributed by atoms with Gasteiger partial charge in [-0.25, -0.2) is 4.98 Å². The van der Waals surface area contributed by atoms with Crippen molar-refractivity contribution < 1.29 is 19.4 Å². The Morgan fingerprint density at radius 1 is 1.45 bits per heavy atom. The largest absolute Gasteiger partial charge is 0.480 e. The van der Waals surface area contributed by atoms with Crippen LogP contribution >= 0.6 is 0 Å². The second-order valence-electron chi connectivity index (χ2n) is 6.63. The van der Waals surface area contributed by atoms with Gasteiger partial charge in [0.05, 0.1) is 19.3 Å². The second-order valence-corrected chi connectivity index (χ2v) is 6.63. The van der Waals surface area contributed by atoms with Crippen molar-refractivity contribution in [2.45, 2.75) is 32.9 Å². The maximum Gasteiger partial charge on any atom is 0.319 e. The summed E-state index contributed by atoms with van der Waals surface area (Å²) in [6.07, 6.45) is 3.22. The fourth-order valence-electron chi connectivity index (χ4n) is 3.26. The minimum atomic E-state index is -1.28. The number of aromatic nitrogens is 3. The van der Waals surface area contributed by atoms with E-state index < -0.39 is 16.8 Å². The molecule has 1 N–H and O–H groups in total. The van der Waals surface area contributed by atoms with Crippen LogP contribution in [0.3, 0.4) is 0 Å². The highest BCUT2D eigenvalue weighted by Crippen LogP contribution is 2.64. The van der Waals surface area contributed by atoms with Crippen LogP contribution in [0.2, 0.25) is 0 Å². The monoisotopic (exact) mass is 308 g/mol. The third kappa shape index (κ3) is 2.27. The van der Waals surface area contributed by atoms with Crippen molar-refractivity contribution in [3.63, 3.8) is 0 Å². The van der Waals surface area contributed by atoms with Crippen LogP contribution in [-0.2, 0) is 20.9 Å². The summed E-state index contributed by atoms with van der Waals surface area (Å²) in [5.41, 5.74) is -1.77. The molecular formula is C14H20N4O4. The number of morpholine rings is 1. The SMILES string of the molecule is CC1(C)CC1(C(=O)O)C(=O)N1CCOC(Cn2cncn2)C1. The highest BCUT2D eigenvalue weighted by Gasteiger charge is 2.72. The Balaban J connectivity index is 1.69. The predicted octanol–water partition coefficient (Wildman–Crippen LogP) is 0.00640. The molecule has 1 aromatic heterocycles. The van der Waals surface area contributed by atoms with Gasteiger partial charge in [0.1, 0.15) is 12.7 Å². The van der Waals surface area contributed by atoms with Crippen molar-refractivity contribution in [3.8, 4) is 0 Å². The predicted molar refractivity (Wildman–Crippen MR) is 74.8 cm³/mol. The molecule has 0 radical (unpaired) electrons. The number of ether oxygens (including phenoxy) is 1. The summed E-state index contributed by atoms with van der Waals surface area (Å²) < 4.78 is 7.29. The molecule has 1 aromatic rings. The lowest BCUT2D eigenvalue weighted by atomic mass is 9.94. The number of aliphatic carboxylic acids is 1. The van der Waals surface area contributed by atoms with Gasteiger partial charge in [0.15, 0.2) is 5.41 Å².